The molecule has 21 heavy (non-hydrogen) atoms. The number of anilines is 2. The predicted molar refractivity (Wildman–Crippen MR) is 78.3 cm³/mol. The van der Waals surface area contributed by atoms with Gasteiger partial charge in [-0.3, -0.25) is 14.4 Å². The summed E-state index contributed by atoms with van der Waals surface area (Å²) in [5, 5.41) is 5.64. The lowest BCUT2D eigenvalue weighted by molar-refractivity contribution is -0.144. The van der Waals surface area contributed by atoms with Gasteiger partial charge in [-0.25, -0.2) is 0 Å². The average molecular weight is 311 g/mol. The molecule has 0 unspecified atom stereocenters. The van der Waals surface area contributed by atoms with E-state index in [2.05, 4.69) is 10.6 Å². The number of ether oxygens (including phenoxy) is 1. The van der Waals surface area contributed by atoms with Crippen LogP contribution < -0.4 is 10.6 Å². The van der Waals surface area contributed by atoms with Crippen molar-refractivity contribution in [3.05, 3.63) is 22.7 Å². The van der Waals surface area contributed by atoms with Crippen molar-refractivity contribution in [1.29, 1.82) is 0 Å². The van der Waals surface area contributed by atoms with Crippen LogP contribution in [0.15, 0.2) is 12.1 Å². The Morgan fingerprint density at radius 2 is 2.14 bits per heavy atom. The van der Waals surface area contributed by atoms with Gasteiger partial charge in [-0.1, -0.05) is 11.6 Å². The van der Waals surface area contributed by atoms with Crippen molar-refractivity contribution in [3.8, 4) is 0 Å². The molecule has 0 saturated carbocycles. The average Bonchev–Trinajstić information content (AvgIpc) is 2.76. The molecule has 1 heterocycles. The molecule has 0 radical (unpaired) electrons. The standard InChI is InChI=1S/C14H15ClN2O4/c1-2-21-14(20)4-3-12(18)17-11-5-8-6-13(19)16-10(8)7-9(11)15/h5,7H,2-4,6H2,1H3,(H,16,19)(H,17,18). The Hall–Kier alpha value is -2.08. The first kappa shape index (κ1) is 15.3. The highest BCUT2D eigenvalue weighted by Crippen LogP contribution is 2.32. The van der Waals surface area contributed by atoms with Crippen LogP contribution in [0.25, 0.3) is 0 Å². The van der Waals surface area contributed by atoms with Crippen molar-refractivity contribution in [2.75, 3.05) is 17.2 Å². The number of amides is 2. The van der Waals surface area contributed by atoms with Crippen LogP contribution in [0.2, 0.25) is 5.02 Å². The van der Waals surface area contributed by atoms with E-state index in [-0.39, 0.29) is 37.7 Å². The zero-order valence-electron chi connectivity index (χ0n) is 11.5. The number of halogens is 1. The minimum absolute atomic E-state index is 0.0161. The van der Waals surface area contributed by atoms with Gasteiger partial charge in [0.2, 0.25) is 11.8 Å². The Labute approximate surface area is 126 Å². The monoisotopic (exact) mass is 310 g/mol. The third-order valence-electron chi connectivity index (χ3n) is 2.95. The van der Waals surface area contributed by atoms with E-state index in [4.69, 9.17) is 16.3 Å². The number of fused-ring (bicyclic) bond motifs is 1. The maximum Gasteiger partial charge on any atom is 0.306 e. The largest absolute Gasteiger partial charge is 0.466 e. The fourth-order valence-electron chi connectivity index (χ4n) is 2.01. The first-order valence-corrected chi connectivity index (χ1v) is 6.95. The minimum atomic E-state index is -0.414. The van der Waals surface area contributed by atoms with E-state index in [0.29, 0.717) is 16.4 Å². The molecule has 0 bridgehead atoms. The molecule has 7 heteroatoms. The van der Waals surface area contributed by atoms with Crippen LogP contribution in [-0.2, 0) is 25.5 Å². The van der Waals surface area contributed by atoms with Crippen molar-refractivity contribution in [1.82, 2.24) is 0 Å². The van der Waals surface area contributed by atoms with Crippen molar-refractivity contribution in [2.45, 2.75) is 26.2 Å². The summed E-state index contributed by atoms with van der Waals surface area (Å²) in [4.78, 5) is 34.3. The quantitative estimate of drug-likeness (QED) is 0.816. The lowest BCUT2D eigenvalue weighted by atomic mass is 10.1. The molecule has 0 fully saturated rings. The van der Waals surface area contributed by atoms with Crippen LogP contribution in [-0.4, -0.2) is 24.4 Å². The molecule has 2 rings (SSSR count). The molecular weight excluding hydrogens is 296 g/mol. The van der Waals surface area contributed by atoms with Crippen LogP contribution in [0.4, 0.5) is 11.4 Å². The highest BCUT2D eigenvalue weighted by Gasteiger charge is 2.20. The number of carbonyl (C=O) groups is 3. The number of nitrogens with one attached hydrogen (secondary N) is 2. The number of rotatable bonds is 5. The highest BCUT2D eigenvalue weighted by molar-refractivity contribution is 6.34. The second kappa shape index (κ2) is 6.58. The molecule has 6 nitrogen and oxygen atoms in total. The Balaban J connectivity index is 1.97. The Kier molecular flexibility index (Phi) is 4.80. The highest BCUT2D eigenvalue weighted by atomic mass is 35.5. The summed E-state index contributed by atoms with van der Waals surface area (Å²) in [6.45, 7) is 2.00. The van der Waals surface area contributed by atoms with Gasteiger partial charge < -0.3 is 15.4 Å². The van der Waals surface area contributed by atoms with E-state index < -0.39 is 5.97 Å². The Morgan fingerprint density at radius 1 is 1.38 bits per heavy atom. The zero-order valence-corrected chi connectivity index (χ0v) is 12.3. The molecule has 1 aliphatic heterocycles. The van der Waals surface area contributed by atoms with Gasteiger partial charge in [-0.05, 0) is 24.6 Å². The molecule has 1 aromatic rings. The molecule has 0 saturated heterocycles. The number of carbonyl (C=O) groups excluding carboxylic acids is 3. The van der Waals surface area contributed by atoms with Crippen molar-refractivity contribution in [3.63, 3.8) is 0 Å². The maximum atomic E-state index is 11.8. The van der Waals surface area contributed by atoms with Crippen LogP contribution in [0.3, 0.4) is 0 Å². The molecule has 2 N–H and O–H groups in total. The minimum Gasteiger partial charge on any atom is -0.466 e. The summed E-state index contributed by atoms with van der Waals surface area (Å²) in [5.41, 5.74) is 1.88. The topological polar surface area (TPSA) is 84.5 Å². The van der Waals surface area contributed by atoms with E-state index in [9.17, 15) is 14.4 Å². The van der Waals surface area contributed by atoms with Gasteiger partial charge in [0.1, 0.15) is 0 Å². The van der Waals surface area contributed by atoms with E-state index in [0.717, 1.165) is 5.56 Å². The van der Waals surface area contributed by atoms with Crippen molar-refractivity contribution in [2.24, 2.45) is 0 Å². The van der Waals surface area contributed by atoms with Gasteiger partial charge in [-0.15, -0.1) is 0 Å². The van der Waals surface area contributed by atoms with E-state index in [1.807, 2.05) is 0 Å². The molecule has 0 spiro atoms. The number of benzene rings is 1. The molecule has 1 aromatic carbocycles. The van der Waals surface area contributed by atoms with Crippen LogP contribution in [0.1, 0.15) is 25.3 Å². The molecule has 2 amide bonds. The fraction of sp³-hybridized carbons (Fsp3) is 0.357. The molecule has 0 aromatic heterocycles. The summed E-state index contributed by atoms with van der Waals surface area (Å²) in [7, 11) is 0. The number of hydrogen-bond acceptors (Lipinski definition) is 4. The van der Waals surface area contributed by atoms with Gasteiger partial charge in [0.25, 0.3) is 0 Å². The van der Waals surface area contributed by atoms with E-state index in [1.165, 1.54) is 0 Å². The van der Waals surface area contributed by atoms with Gasteiger partial charge in [0, 0.05) is 12.1 Å². The van der Waals surface area contributed by atoms with Gasteiger partial charge >= 0.3 is 5.97 Å². The summed E-state index contributed by atoms with van der Waals surface area (Å²) in [6, 6.07) is 3.26. The Bertz CT molecular complexity index is 601. The first-order chi connectivity index (χ1) is 9.99. The molecule has 0 aliphatic carbocycles. The third kappa shape index (κ3) is 3.95. The van der Waals surface area contributed by atoms with Gasteiger partial charge in [0.05, 0.1) is 30.2 Å². The van der Waals surface area contributed by atoms with Crippen LogP contribution in [0.5, 0.6) is 0 Å². The van der Waals surface area contributed by atoms with Gasteiger partial charge in [0.15, 0.2) is 0 Å². The summed E-state index contributed by atoms with van der Waals surface area (Å²) in [6.07, 6.45) is 0.296. The third-order valence-corrected chi connectivity index (χ3v) is 3.27. The predicted octanol–water partition coefficient (Wildman–Crippen LogP) is 2.12. The van der Waals surface area contributed by atoms with Crippen molar-refractivity contribution < 1.29 is 19.1 Å². The lowest BCUT2D eigenvalue weighted by Crippen LogP contribution is -2.15. The molecule has 0 atom stereocenters. The van der Waals surface area contributed by atoms with Crippen molar-refractivity contribution >= 4 is 40.8 Å². The van der Waals surface area contributed by atoms with Crippen LogP contribution in [0, 0.1) is 0 Å². The summed E-state index contributed by atoms with van der Waals surface area (Å²) in [5.74, 6) is -0.850. The van der Waals surface area contributed by atoms with E-state index >= 15 is 0 Å². The molecule has 112 valence electrons. The normalized spacial score (nSPS) is 12.6. The molecular formula is C14H15ClN2O4. The second-order valence-corrected chi connectivity index (χ2v) is 4.97. The molecule has 1 aliphatic rings. The Morgan fingerprint density at radius 3 is 2.86 bits per heavy atom. The maximum absolute atomic E-state index is 11.8. The first-order valence-electron chi connectivity index (χ1n) is 6.57. The van der Waals surface area contributed by atoms with E-state index in [1.54, 1.807) is 19.1 Å². The summed E-state index contributed by atoms with van der Waals surface area (Å²) < 4.78 is 4.75. The SMILES string of the molecule is CCOC(=O)CCC(=O)Nc1cc2c(cc1Cl)NC(=O)C2. The lowest BCUT2D eigenvalue weighted by Gasteiger charge is -2.09. The number of esters is 1. The van der Waals surface area contributed by atoms with Gasteiger partial charge in [-0.2, -0.15) is 0 Å². The second-order valence-electron chi connectivity index (χ2n) is 4.57. The van der Waals surface area contributed by atoms with Crippen LogP contribution >= 0.6 is 11.6 Å². The zero-order chi connectivity index (χ0) is 15.4. The smallest absolute Gasteiger partial charge is 0.306 e. The fourth-order valence-corrected chi connectivity index (χ4v) is 2.22. The number of hydrogen-bond donors (Lipinski definition) is 2. The summed E-state index contributed by atoms with van der Waals surface area (Å²) >= 11 is 6.05.